The van der Waals surface area contributed by atoms with E-state index >= 15 is 0 Å². The van der Waals surface area contributed by atoms with Crippen molar-refractivity contribution in [2.24, 2.45) is 0 Å². The second-order valence-electron chi connectivity index (χ2n) is 2.99. The SMILES string of the molecule is CC1CCC(c2nnc(N)s2)O1. The van der Waals surface area contributed by atoms with Crippen molar-refractivity contribution >= 4 is 16.5 Å². The molecular formula is C7H11N3OS. The molecule has 66 valence electrons. The molecule has 2 heterocycles. The van der Waals surface area contributed by atoms with Crippen LogP contribution in [0.1, 0.15) is 30.9 Å². The van der Waals surface area contributed by atoms with Gasteiger partial charge in [-0.2, -0.15) is 0 Å². The summed E-state index contributed by atoms with van der Waals surface area (Å²) in [4.78, 5) is 0. The van der Waals surface area contributed by atoms with Crippen molar-refractivity contribution in [1.82, 2.24) is 10.2 Å². The lowest BCUT2D eigenvalue weighted by Crippen LogP contribution is -2.00. The molecule has 1 aliphatic heterocycles. The molecule has 2 rings (SSSR count). The van der Waals surface area contributed by atoms with Crippen molar-refractivity contribution in [3.8, 4) is 0 Å². The summed E-state index contributed by atoms with van der Waals surface area (Å²) in [6.45, 7) is 2.07. The van der Waals surface area contributed by atoms with Crippen LogP contribution in [0.4, 0.5) is 5.13 Å². The average molecular weight is 185 g/mol. The molecule has 1 aromatic rings. The van der Waals surface area contributed by atoms with Crippen LogP contribution in [0.5, 0.6) is 0 Å². The van der Waals surface area contributed by atoms with E-state index in [-0.39, 0.29) is 6.10 Å². The standard InChI is InChI=1S/C7H11N3OS/c1-4-2-3-5(11-4)6-9-10-7(8)12-6/h4-5H,2-3H2,1H3,(H2,8,10). The van der Waals surface area contributed by atoms with Crippen molar-refractivity contribution in [3.05, 3.63) is 5.01 Å². The number of aromatic nitrogens is 2. The molecule has 0 aliphatic carbocycles. The summed E-state index contributed by atoms with van der Waals surface area (Å²) in [6.07, 6.45) is 2.62. The molecule has 4 nitrogen and oxygen atoms in total. The molecule has 1 aromatic heterocycles. The zero-order valence-electron chi connectivity index (χ0n) is 6.86. The molecule has 2 unspecified atom stereocenters. The van der Waals surface area contributed by atoms with Gasteiger partial charge in [-0.1, -0.05) is 11.3 Å². The highest BCUT2D eigenvalue weighted by Crippen LogP contribution is 2.34. The van der Waals surface area contributed by atoms with E-state index in [2.05, 4.69) is 17.1 Å². The van der Waals surface area contributed by atoms with Gasteiger partial charge in [-0.3, -0.25) is 0 Å². The molecule has 12 heavy (non-hydrogen) atoms. The van der Waals surface area contributed by atoms with Crippen molar-refractivity contribution in [2.75, 3.05) is 5.73 Å². The van der Waals surface area contributed by atoms with Crippen LogP contribution < -0.4 is 5.73 Å². The van der Waals surface area contributed by atoms with E-state index in [1.165, 1.54) is 11.3 Å². The summed E-state index contributed by atoms with van der Waals surface area (Å²) in [7, 11) is 0. The van der Waals surface area contributed by atoms with Gasteiger partial charge in [0.2, 0.25) is 5.13 Å². The predicted octanol–water partition coefficient (Wildman–Crippen LogP) is 1.36. The second-order valence-corrected chi connectivity index (χ2v) is 4.03. The Morgan fingerprint density at radius 3 is 2.83 bits per heavy atom. The summed E-state index contributed by atoms with van der Waals surface area (Å²) in [5.41, 5.74) is 5.47. The number of anilines is 1. The van der Waals surface area contributed by atoms with E-state index in [4.69, 9.17) is 10.5 Å². The first-order valence-corrected chi connectivity index (χ1v) is 4.81. The van der Waals surface area contributed by atoms with E-state index in [1.54, 1.807) is 0 Å². The Balaban J connectivity index is 2.11. The first-order valence-electron chi connectivity index (χ1n) is 4.00. The molecule has 0 saturated carbocycles. The lowest BCUT2D eigenvalue weighted by atomic mass is 10.2. The first-order chi connectivity index (χ1) is 5.75. The number of ether oxygens (including phenoxy) is 1. The Hall–Kier alpha value is -0.680. The number of nitrogen functional groups attached to an aromatic ring is 1. The van der Waals surface area contributed by atoms with Crippen molar-refractivity contribution in [3.63, 3.8) is 0 Å². The second kappa shape index (κ2) is 2.99. The molecule has 0 aromatic carbocycles. The molecule has 2 atom stereocenters. The predicted molar refractivity (Wildman–Crippen MR) is 46.8 cm³/mol. The number of nitrogens with zero attached hydrogens (tertiary/aromatic N) is 2. The van der Waals surface area contributed by atoms with Gasteiger partial charge in [-0.25, -0.2) is 0 Å². The van der Waals surface area contributed by atoms with E-state index < -0.39 is 0 Å². The zero-order chi connectivity index (χ0) is 8.55. The first kappa shape index (κ1) is 7.94. The number of rotatable bonds is 1. The fraction of sp³-hybridized carbons (Fsp3) is 0.714. The highest BCUT2D eigenvalue weighted by molar-refractivity contribution is 7.15. The molecule has 1 aliphatic rings. The van der Waals surface area contributed by atoms with Gasteiger partial charge in [0.25, 0.3) is 0 Å². The third kappa shape index (κ3) is 1.42. The van der Waals surface area contributed by atoms with Crippen LogP contribution in [0.25, 0.3) is 0 Å². The normalized spacial score (nSPS) is 29.4. The largest absolute Gasteiger partial charge is 0.374 e. The molecule has 2 N–H and O–H groups in total. The average Bonchev–Trinajstić information content (AvgIpc) is 2.58. The van der Waals surface area contributed by atoms with Gasteiger partial charge < -0.3 is 10.5 Å². The monoisotopic (exact) mass is 185 g/mol. The van der Waals surface area contributed by atoms with Crippen molar-refractivity contribution in [1.29, 1.82) is 0 Å². The van der Waals surface area contributed by atoms with Crippen LogP contribution >= 0.6 is 11.3 Å². The van der Waals surface area contributed by atoms with E-state index in [0.29, 0.717) is 11.2 Å². The van der Waals surface area contributed by atoms with Gasteiger partial charge in [-0.15, -0.1) is 10.2 Å². The quantitative estimate of drug-likeness (QED) is 0.717. The zero-order valence-corrected chi connectivity index (χ0v) is 7.67. The maximum absolute atomic E-state index is 5.61. The van der Waals surface area contributed by atoms with Gasteiger partial charge in [0.05, 0.1) is 6.10 Å². The number of nitrogens with two attached hydrogens (primary N) is 1. The minimum Gasteiger partial charge on any atom is -0.374 e. The van der Waals surface area contributed by atoms with Crippen molar-refractivity contribution < 1.29 is 4.74 Å². The molecule has 0 spiro atoms. The Bertz CT molecular complexity index is 275. The lowest BCUT2D eigenvalue weighted by molar-refractivity contribution is 0.0550. The molecule has 5 heteroatoms. The molecule has 1 saturated heterocycles. The molecule has 0 radical (unpaired) electrons. The highest BCUT2D eigenvalue weighted by Gasteiger charge is 2.26. The fourth-order valence-electron chi connectivity index (χ4n) is 1.36. The summed E-state index contributed by atoms with van der Waals surface area (Å²) in [5.74, 6) is 0. The van der Waals surface area contributed by atoms with Gasteiger partial charge in [-0.05, 0) is 19.8 Å². The third-order valence-electron chi connectivity index (χ3n) is 1.96. The molecular weight excluding hydrogens is 174 g/mol. The van der Waals surface area contributed by atoms with E-state index in [1.807, 2.05) is 0 Å². The molecule has 1 fully saturated rings. The van der Waals surface area contributed by atoms with Gasteiger partial charge in [0.1, 0.15) is 11.1 Å². The Morgan fingerprint density at radius 1 is 1.50 bits per heavy atom. The van der Waals surface area contributed by atoms with Gasteiger partial charge in [0.15, 0.2) is 0 Å². The highest BCUT2D eigenvalue weighted by atomic mass is 32.1. The Labute approximate surface area is 74.8 Å². The molecule has 0 amide bonds. The third-order valence-corrected chi connectivity index (χ3v) is 2.81. The van der Waals surface area contributed by atoms with Crippen LogP contribution in [-0.2, 0) is 4.74 Å². The van der Waals surface area contributed by atoms with Crippen LogP contribution in [0.3, 0.4) is 0 Å². The Morgan fingerprint density at radius 2 is 2.33 bits per heavy atom. The van der Waals surface area contributed by atoms with Crippen LogP contribution in [0.2, 0.25) is 0 Å². The van der Waals surface area contributed by atoms with Crippen LogP contribution in [-0.4, -0.2) is 16.3 Å². The number of hydrogen-bond acceptors (Lipinski definition) is 5. The topological polar surface area (TPSA) is 61.0 Å². The minimum atomic E-state index is 0.134. The summed E-state index contributed by atoms with van der Waals surface area (Å²) < 4.78 is 5.61. The maximum Gasteiger partial charge on any atom is 0.203 e. The van der Waals surface area contributed by atoms with Gasteiger partial charge in [0, 0.05) is 0 Å². The van der Waals surface area contributed by atoms with Gasteiger partial charge >= 0.3 is 0 Å². The smallest absolute Gasteiger partial charge is 0.203 e. The molecule has 0 bridgehead atoms. The fourth-order valence-corrected chi connectivity index (χ4v) is 2.04. The summed E-state index contributed by atoms with van der Waals surface area (Å²) in [6, 6.07) is 0. The Kier molecular flexibility index (Phi) is 1.98. The summed E-state index contributed by atoms with van der Waals surface area (Å²) >= 11 is 1.42. The van der Waals surface area contributed by atoms with E-state index in [0.717, 1.165) is 17.8 Å². The number of hydrogen-bond donors (Lipinski definition) is 1. The van der Waals surface area contributed by atoms with Crippen LogP contribution in [0, 0.1) is 0 Å². The lowest BCUT2D eigenvalue weighted by Gasteiger charge is -2.05. The maximum atomic E-state index is 5.61. The van der Waals surface area contributed by atoms with E-state index in [9.17, 15) is 0 Å². The van der Waals surface area contributed by atoms with Crippen LogP contribution in [0.15, 0.2) is 0 Å². The summed E-state index contributed by atoms with van der Waals surface area (Å²) in [5, 5.41) is 9.14. The minimum absolute atomic E-state index is 0.134. The van der Waals surface area contributed by atoms with Crippen molar-refractivity contribution in [2.45, 2.75) is 32.0 Å².